The Kier molecular flexibility index (Phi) is 66.6. The molecule has 0 aliphatic rings. The molecule has 0 rings (SSSR count). The summed E-state index contributed by atoms with van der Waals surface area (Å²) in [6.07, 6.45) is 2.44. The van der Waals surface area contributed by atoms with Gasteiger partial charge in [0.1, 0.15) is 0 Å². The van der Waals surface area contributed by atoms with Crippen LogP contribution in [0.5, 0.6) is 0 Å². The molecular formula is C10H9NNa4O7. The van der Waals surface area contributed by atoms with Gasteiger partial charge in [-0.3, -0.25) is 0 Å². The van der Waals surface area contributed by atoms with Crippen molar-refractivity contribution >= 4 is 23.8 Å². The standard InChI is InChI=1S/C4H4O4.C3H5NO.C3H4O2.4Na/c5-3(6)1-2-4(7)8;2*1-2-3(4)5;;;;/h1-2H,(H,5,6)(H,7,8);2H,1H2,(H2,4,5);2H,1H2,(H,4,5);;;;/q;;;4*+1/p-4/b2-1-;;;;;;. The number of aliphatic carboxylic acids is 3. The van der Waals surface area contributed by atoms with Crippen molar-refractivity contribution in [2.24, 2.45) is 0 Å². The summed E-state index contributed by atoms with van der Waals surface area (Å²) < 4.78 is 0. The maximum Gasteiger partial charge on any atom is 1.00 e. The predicted octanol–water partition coefficient (Wildman–Crippen LogP) is -16.5. The molecule has 0 spiro atoms. The molecule has 0 aromatic heterocycles. The van der Waals surface area contributed by atoms with E-state index in [0.717, 1.165) is 12.2 Å². The quantitative estimate of drug-likeness (QED) is 0.228. The number of carboxylic acids is 3. The molecule has 0 atom stereocenters. The Bertz CT molecular complexity index is 338. The zero-order valence-corrected chi connectivity index (χ0v) is 21.1. The average molecular weight is 347 g/mol. The molecule has 0 aromatic carbocycles. The number of hydrogen-bond acceptors (Lipinski definition) is 8. The first kappa shape index (κ1) is 43.5. The Hall–Kier alpha value is 1.10. The van der Waals surface area contributed by atoms with Gasteiger partial charge >= 0.3 is 118 Å². The van der Waals surface area contributed by atoms with Crippen molar-refractivity contribution in [2.45, 2.75) is 0 Å². The maximum atomic E-state index is 9.41. The third-order valence-electron chi connectivity index (χ3n) is 0.708. The van der Waals surface area contributed by atoms with Crippen LogP contribution in [0.4, 0.5) is 0 Å². The summed E-state index contributed by atoms with van der Waals surface area (Å²) >= 11 is 0. The average Bonchev–Trinajstić information content (AvgIpc) is 2.27. The van der Waals surface area contributed by atoms with E-state index in [9.17, 15) is 24.9 Å². The summed E-state index contributed by atoms with van der Waals surface area (Å²) in [6.45, 7) is 5.92. The third kappa shape index (κ3) is 83.6. The summed E-state index contributed by atoms with van der Waals surface area (Å²) in [6, 6.07) is 0. The molecule has 0 aromatic rings. The summed E-state index contributed by atoms with van der Waals surface area (Å²) in [5.74, 6) is -5.06. The van der Waals surface area contributed by atoms with Gasteiger partial charge in [0.25, 0.3) is 0 Å². The number of carbonyl (C=O) groups is 3. The van der Waals surface area contributed by atoms with E-state index in [2.05, 4.69) is 13.2 Å². The van der Waals surface area contributed by atoms with Gasteiger partial charge in [0, 0.05) is 0 Å². The Morgan fingerprint density at radius 3 is 0.909 bits per heavy atom. The number of carbonyl (C=O) groups excluding carboxylic acids is 3. The SMILES string of the molecule is C=CC(=N)[O-].C=CC(=O)[O-].O=C([O-])/C=C\C(=O)[O-].[Na+].[Na+].[Na+].[Na+]. The fourth-order valence-corrected chi connectivity index (χ4v) is 0.136. The van der Waals surface area contributed by atoms with Crippen molar-refractivity contribution in [2.75, 3.05) is 0 Å². The Balaban J connectivity index is -0.0000000291. The molecule has 0 saturated heterocycles. The van der Waals surface area contributed by atoms with E-state index in [4.69, 9.17) is 15.3 Å². The van der Waals surface area contributed by atoms with Gasteiger partial charge in [-0.25, -0.2) is 0 Å². The van der Waals surface area contributed by atoms with E-state index in [1.807, 2.05) is 0 Å². The fraction of sp³-hybridized carbons (Fsp3) is 0. The first-order valence-electron chi connectivity index (χ1n) is 3.98. The second-order valence-electron chi connectivity index (χ2n) is 2.06. The maximum absolute atomic E-state index is 9.41. The minimum absolute atomic E-state index is 0. The molecule has 0 radical (unpaired) electrons. The van der Waals surface area contributed by atoms with Crippen molar-refractivity contribution in [3.63, 3.8) is 0 Å². The minimum atomic E-state index is -1.55. The molecule has 8 nitrogen and oxygen atoms in total. The topological polar surface area (TPSA) is 167 Å². The summed E-state index contributed by atoms with van der Waals surface area (Å²) in [7, 11) is 0. The molecule has 22 heavy (non-hydrogen) atoms. The van der Waals surface area contributed by atoms with E-state index in [1.54, 1.807) is 0 Å². The van der Waals surface area contributed by atoms with Gasteiger partial charge in [-0.1, -0.05) is 19.2 Å². The molecule has 0 amide bonds. The largest absolute Gasteiger partial charge is 1.00 e. The summed E-state index contributed by atoms with van der Waals surface area (Å²) in [5.41, 5.74) is 0. The fourth-order valence-electron chi connectivity index (χ4n) is 0.136. The van der Waals surface area contributed by atoms with Crippen molar-refractivity contribution in [1.29, 1.82) is 5.41 Å². The van der Waals surface area contributed by atoms with Crippen molar-refractivity contribution in [1.82, 2.24) is 0 Å². The van der Waals surface area contributed by atoms with Gasteiger partial charge < -0.3 is 40.2 Å². The van der Waals surface area contributed by atoms with Crippen LogP contribution in [0.15, 0.2) is 37.5 Å². The Morgan fingerprint density at radius 2 is 0.864 bits per heavy atom. The molecule has 0 unspecified atom stereocenters. The van der Waals surface area contributed by atoms with E-state index in [-0.39, 0.29) is 118 Å². The van der Waals surface area contributed by atoms with E-state index in [1.165, 1.54) is 0 Å². The van der Waals surface area contributed by atoms with Crippen LogP contribution < -0.4 is 139 Å². The normalized spacial score (nSPS) is 6.36. The molecule has 0 fully saturated rings. The number of hydrogen-bond donors (Lipinski definition) is 1. The van der Waals surface area contributed by atoms with E-state index >= 15 is 0 Å². The van der Waals surface area contributed by atoms with Gasteiger partial charge in [-0.15, -0.1) is 0 Å². The van der Waals surface area contributed by atoms with Crippen molar-refractivity contribution in [3.05, 3.63) is 37.5 Å². The van der Waals surface area contributed by atoms with Crippen LogP contribution in [-0.2, 0) is 14.4 Å². The van der Waals surface area contributed by atoms with Crippen LogP contribution in [0, 0.1) is 5.41 Å². The number of nitrogens with one attached hydrogen (secondary N) is 1. The molecular weight excluding hydrogens is 338 g/mol. The zero-order chi connectivity index (χ0) is 15.1. The summed E-state index contributed by atoms with van der Waals surface area (Å²) in [4.78, 5) is 28.0. The van der Waals surface area contributed by atoms with E-state index in [0.29, 0.717) is 12.2 Å². The van der Waals surface area contributed by atoms with Crippen LogP contribution in [0.3, 0.4) is 0 Å². The second-order valence-corrected chi connectivity index (χ2v) is 2.06. The first-order valence-corrected chi connectivity index (χ1v) is 3.98. The molecule has 0 aliphatic heterocycles. The van der Waals surface area contributed by atoms with Gasteiger partial charge in [0.15, 0.2) is 0 Å². The van der Waals surface area contributed by atoms with Crippen molar-refractivity contribution in [3.8, 4) is 0 Å². The van der Waals surface area contributed by atoms with Crippen LogP contribution in [0.1, 0.15) is 0 Å². The Labute approximate surface area is 216 Å². The molecule has 0 saturated carbocycles. The van der Waals surface area contributed by atoms with Gasteiger partial charge in [0.2, 0.25) is 0 Å². The van der Waals surface area contributed by atoms with Crippen LogP contribution in [0.25, 0.3) is 0 Å². The number of rotatable bonds is 4. The Morgan fingerprint density at radius 1 is 0.682 bits per heavy atom. The van der Waals surface area contributed by atoms with Gasteiger partial charge in [-0.2, -0.15) is 0 Å². The zero-order valence-electron chi connectivity index (χ0n) is 13.1. The molecule has 12 heteroatoms. The van der Waals surface area contributed by atoms with Crippen LogP contribution in [-0.4, -0.2) is 23.8 Å². The molecule has 100 valence electrons. The molecule has 0 bridgehead atoms. The smallest absolute Gasteiger partial charge is 0.859 e. The molecule has 1 N–H and O–H groups in total. The summed E-state index contributed by atoms with van der Waals surface area (Å²) in [5, 5.41) is 43.4. The third-order valence-corrected chi connectivity index (χ3v) is 0.708. The minimum Gasteiger partial charge on any atom is -0.859 e. The van der Waals surface area contributed by atoms with Gasteiger partial charge in [-0.05, 0) is 24.1 Å². The predicted molar refractivity (Wildman–Crippen MR) is 52.3 cm³/mol. The molecule has 0 heterocycles. The molecule has 0 aliphatic carbocycles. The monoisotopic (exact) mass is 347 g/mol. The number of carboxylic acid groups (broad SMARTS) is 3. The van der Waals surface area contributed by atoms with Crippen molar-refractivity contribution < 1.29 is 153 Å². The first-order chi connectivity index (χ1) is 8.17. The van der Waals surface area contributed by atoms with Crippen LogP contribution in [0.2, 0.25) is 0 Å². The van der Waals surface area contributed by atoms with Crippen LogP contribution >= 0.6 is 0 Å². The van der Waals surface area contributed by atoms with E-state index < -0.39 is 23.8 Å². The second kappa shape index (κ2) is 33.6. The van der Waals surface area contributed by atoms with Gasteiger partial charge in [0.05, 0.1) is 17.9 Å².